The van der Waals surface area contributed by atoms with E-state index in [1.165, 1.54) is 8.66 Å². The fraction of sp³-hybridized carbons (Fsp3) is 0.417. The second-order valence-corrected chi connectivity index (χ2v) is 6.47. The Bertz CT molecular complexity index is 478. The monoisotopic (exact) mass is 313 g/mol. The zero-order chi connectivity index (χ0) is 12.3. The summed E-state index contributed by atoms with van der Waals surface area (Å²) in [4.78, 5) is 5.72. The number of aromatic nitrogens is 2. The number of imidazole rings is 1. The minimum absolute atomic E-state index is 0.406. The molecule has 1 unspecified atom stereocenters. The minimum atomic E-state index is 0.406. The molecule has 0 saturated heterocycles. The first-order valence-electron chi connectivity index (χ1n) is 5.59. The number of rotatable bonds is 5. The molecule has 0 spiro atoms. The molecule has 0 fully saturated rings. The second-order valence-electron chi connectivity index (χ2n) is 3.98. The van der Waals surface area contributed by atoms with Gasteiger partial charge >= 0.3 is 0 Å². The standard InChI is InChI=1S/C12H16BrN3S/c1-14-9(10-4-5-11(13)17-10)3-6-12-15-7-8-16(12)2/h4-5,7-9,14H,3,6H2,1-2H3. The van der Waals surface area contributed by atoms with E-state index in [1.807, 2.05) is 26.5 Å². The van der Waals surface area contributed by atoms with Gasteiger partial charge in [0.15, 0.2) is 0 Å². The van der Waals surface area contributed by atoms with Crippen LogP contribution in [-0.2, 0) is 13.5 Å². The van der Waals surface area contributed by atoms with Crippen LogP contribution in [0.4, 0.5) is 0 Å². The molecule has 92 valence electrons. The summed E-state index contributed by atoms with van der Waals surface area (Å²) in [7, 11) is 4.05. The average molecular weight is 314 g/mol. The molecular weight excluding hydrogens is 298 g/mol. The van der Waals surface area contributed by atoms with Crippen LogP contribution in [0.25, 0.3) is 0 Å². The van der Waals surface area contributed by atoms with Gasteiger partial charge in [0.1, 0.15) is 5.82 Å². The number of nitrogens with zero attached hydrogens (tertiary/aromatic N) is 2. The first-order chi connectivity index (χ1) is 8.20. The van der Waals surface area contributed by atoms with Crippen molar-refractivity contribution in [3.63, 3.8) is 0 Å². The fourth-order valence-electron chi connectivity index (χ4n) is 1.86. The SMILES string of the molecule is CNC(CCc1nccn1C)c1ccc(Br)s1. The first-order valence-corrected chi connectivity index (χ1v) is 7.20. The van der Waals surface area contributed by atoms with E-state index in [0.717, 1.165) is 18.7 Å². The lowest BCUT2D eigenvalue weighted by Gasteiger charge is -2.14. The van der Waals surface area contributed by atoms with Crippen LogP contribution in [0.3, 0.4) is 0 Å². The van der Waals surface area contributed by atoms with E-state index in [0.29, 0.717) is 6.04 Å². The van der Waals surface area contributed by atoms with Gasteiger partial charge in [-0.2, -0.15) is 0 Å². The Morgan fingerprint density at radius 3 is 2.88 bits per heavy atom. The molecule has 2 aromatic rings. The van der Waals surface area contributed by atoms with Gasteiger partial charge in [0.2, 0.25) is 0 Å². The van der Waals surface area contributed by atoms with E-state index in [4.69, 9.17) is 0 Å². The van der Waals surface area contributed by atoms with Crippen LogP contribution in [-0.4, -0.2) is 16.6 Å². The summed E-state index contributed by atoms with van der Waals surface area (Å²) in [6, 6.07) is 4.68. The summed E-state index contributed by atoms with van der Waals surface area (Å²) >= 11 is 5.29. The summed E-state index contributed by atoms with van der Waals surface area (Å²) in [6.45, 7) is 0. The lowest BCUT2D eigenvalue weighted by Crippen LogP contribution is -2.16. The molecule has 0 saturated carbocycles. The molecule has 0 radical (unpaired) electrons. The maximum atomic E-state index is 4.35. The average Bonchev–Trinajstić information content (AvgIpc) is 2.90. The van der Waals surface area contributed by atoms with Crippen molar-refractivity contribution in [2.45, 2.75) is 18.9 Å². The van der Waals surface area contributed by atoms with E-state index >= 15 is 0 Å². The quantitative estimate of drug-likeness (QED) is 0.919. The molecule has 3 nitrogen and oxygen atoms in total. The van der Waals surface area contributed by atoms with Crippen LogP contribution >= 0.6 is 27.3 Å². The molecule has 0 aliphatic rings. The molecule has 1 N–H and O–H groups in total. The van der Waals surface area contributed by atoms with Gasteiger partial charge in [-0.3, -0.25) is 0 Å². The highest BCUT2D eigenvalue weighted by atomic mass is 79.9. The normalized spacial score (nSPS) is 12.9. The third-order valence-corrected chi connectivity index (χ3v) is 4.60. The lowest BCUT2D eigenvalue weighted by atomic mass is 10.1. The highest BCUT2D eigenvalue weighted by Crippen LogP contribution is 2.29. The van der Waals surface area contributed by atoms with Gasteiger partial charge in [0.05, 0.1) is 3.79 Å². The van der Waals surface area contributed by atoms with Crippen LogP contribution in [0, 0.1) is 0 Å². The van der Waals surface area contributed by atoms with Crippen LogP contribution in [0.5, 0.6) is 0 Å². The fourth-order valence-corrected chi connectivity index (χ4v) is 3.42. The molecule has 2 heterocycles. The van der Waals surface area contributed by atoms with Gasteiger partial charge in [0.25, 0.3) is 0 Å². The van der Waals surface area contributed by atoms with Crippen molar-refractivity contribution in [3.8, 4) is 0 Å². The zero-order valence-electron chi connectivity index (χ0n) is 9.98. The van der Waals surface area contributed by atoms with Crippen molar-refractivity contribution in [3.05, 3.63) is 39.0 Å². The molecule has 2 rings (SSSR count). The summed E-state index contributed by atoms with van der Waals surface area (Å²) in [6.07, 6.45) is 5.90. The molecular formula is C12H16BrN3S. The number of nitrogens with one attached hydrogen (secondary N) is 1. The highest BCUT2D eigenvalue weighted by molar-refractivity contribution is 9.11. The Morgan fingerprint density at radius 1 is 1.53 bits per heavy atom. The molecule has 0 aliphatic heterocycles. The number of hydrogen-bond acceptors (Lipinski definition) is 3. The first kappa shape index (κ1) is 12.8. The summed E-state index contributed by atoms with van der Waals surface area (Å²) < 4.78 is 3.27. The minimum Gasteiger partial charge on any atom is -0.338 e. The molecule has 1 atom stereocenters. The van der Waals surface area contributed by atoms with E-state index in [1.54, 1.807) is 11.3 Å². The maximum Gasteiger partial charge on any atom is 0.108 e. The Balaban J connectivity index is 1.99. The van der Waals surface area contributed by atoms with Gasteiger partial charge in [-0.25, -0.2) is 4.98 Å². The number of aryl methyl sites for hydroxylation is 2. The zero-order valence-corrected chi connectivity index (χ0v) is 12.4. The summed E-state index contributed by atoms with van der Waals surface area (Å²) in [5, 5.41) is 3.37. The van der Waals surface area contributed by atoms with Crippen LogP contribution in [0.1, 0.15) is 23.2 Å². The summed E-state index contributed by atoms with van der Waals surface area (Å²) in [5.41, 5.74) is 0. The Kier molecular flexibility index (Phi) is 4.36. The van der Waals surface area contributed by atoms with Gasteiger partial charge in [-0.15, -0.1) is 11.3 Å². The van der Waals surface area contributed by atoms with Gasteiger partial charge in [-0.05, 0) is 41.5 Å². The van der Waals surface area contributed by atoms with Gasteiger partial charge in [-0.1, -0.05) is 0 Å². The predicted molar refractivity (Wildman–Crippen MR) is 75.3 cm³/mol. The van der Waals surface area contributed by atoms with Crippen LogP contribution < -0.4 is 5.32 Å². The Hall–Kier alpha value is -0.650. The van der Waals surface area contributed by atoms with Gasteiger partial charge < -0.3 is 9.88 Å². The van der Waals surface area contributed by atoms with Crippen LogP contribution in [0.2, 0.25) is 0 Å². The van der Waals surface area contributed by atoms with Crippen molar-refractivity contribution >= 4 is 27.3 Å². The summed E-state index contributed by atoms with van der Waals surface area (Å²) in [5.74, 6) is 1.14. The topological polar surface area (TPSA) is 29.9 Å². The lowest BCUT2D eigenvalue weighted by molar-refractivity contribution is 0.543. The molecule has 2 aromatic heterocycles. The molecule has 5 heteroatoms. The highest BCUT2D eigenvalue weighted by Gasteiger charge is 2.12. The molecule has 0 aromatic carbocycles. The molecule has 0 amide bonds. The van der Waals surface area contributed by atoms with Gasteiger partial charge in [0, 0.05) is 36.8 Å². The van der Waals surface area contributed by atoms with Crippen LogP contribution in [0.15, 0.2) is 28.3 Å². The molecule has 0 aliphatic carbocycles. The van der Waals surface area contributed by atoms with Crippen molar-refractivity contribution in [1.29, 1.82) is 0 Å². The van der Waals surface area contributed by atoms with Crippen molar-refractivity contribution in [2.24, 2.45) is 7.05 Å². The van der Waals surface area contributed by atoms with E-state index < -0.39 is 0 Å². The van der Waals surface area contributed by atoms with Crippen molar-refractivity contribution in [1.82, 2.24) is 14.9 Å². The molecule has 0 bridgehead atoms. The predicted octanol–water partition coefficient (Wildman–Crippen LogP) is 3.14. The maximum absolute atomic E-state index is 4.35. The number of hydrogen-bond donors (Lipinski definition) is 1. The van der Waals surface area contributed by atoms with E-state index in [9.17, 15) is 0 Å². The number of halogens is 1. The third-order valence-electron chi connectivity index (χ3n) is 2.86. The molecule has 17 heavy (non-hydrogen) atoms. The largest absolute Gasteiger partial charge is 0.338 e. The van der Waals surface area contributed by atoms with Crippen molar-refractivity contribution < 1.29 is 0 Å². The second kappa shape index (κ2) is 5.80. The third kappa shape index (κ3) is 3.18. The van der Waals surface area contributed by atoms with Crippen molar-refractivity contribution in [2.75, 3.05) is 7.05 Å². The number of thiophene rings is 1. The Labute approximate surface area is 114 Å². The Morgan fingerprint density at radius 2 is 2.35 bits per heavy atom. The smallest absolute Gasteiger partial charge is 0.108 e. The van der Waals surface area contributed by atoms with E-state index in [2.05, 4.69) is 42.9 Å². The van der Waals surface area contributed by atoms with E-state index in [-0.39, 0.29) is 0 Å².